The highest BCUT2D eigenvalue weighted by Gasteiger charge is 2.22. The van der Waals surface area contributed by atoms with E-state index in [0.29, 0.717) is 23.7 Å². The number of methoxy groups -OCH3 is 1. The molecule has 0 spiro atoms. The number of para-hydroxylation sites is 2. The Bertz CT molecular complexity index is 1560. The van der Waals surface area contributed by atoms with Crippen LogP contribution in [0.1, 0.15) is 11.1 Å². The van der Waals surface area contributed by atoms with E-state index in [1.54, 1.807) is 36.4 Å². The lowest BCUT2D eigenvalue weighted by Gasteiger charge is -2.12. The molecule has 0 saturated carbocycles. The molecule has 0 heterocycles. The topological polar surface area (TPSA) is 132 Å². The van der Waals surface area contributed by atoms with Crippen molar-refractivity contribution in [3.8, 4) is 11.5 Å². The van der Waals surface area contributed by atoms with E-state index in [4.69, 9.17) is 9.47 Å². The van der Waals surface area contributed by atoms with Crippen molar-refractivity contribution >= 4 is 33.3 Å². The number of anilines is 2. The lowest BCUT2D eigenvalue weighted by atomic mass is 10.2. The quantitative estimate of drug-likeness (QED) is 0.150. The van der Waals surface area contributed by atoms with Gasteiger partial charge < -0.3 is 9.47 Å². The van der Waals surface area contributed by atoms with Gasteiger partial charge in [-0.1, -0.05) is 54.6 Å². The number of nitro benzene ring substituents is 1. The summed E-state index contributed by atoms with van der Waals surface area (Å²) in [6, 6.07) is 26.9. The zero-order valence-electron chi connectivity index (χ0n) is 20.3. The Labute approximate surface area is 219 Å². The van der Waals surface area contributed by atoms with Gasteiger partial charge in [-0.05, 0) is 47.5 Å². The smallest absolute Gasteiger partial charge is 0.295 e. The molecule has 4 rings (SSSR count). The molecule has 10 nitrogen and oxygen atoms in total. The zero-order valence-corrected chi connectivity index (χ0v) is 21.1. The van der Waals surface area contributed by atoms with Crippen LogP contribution < -0.4 is 19.6 Å². The molecule has 0 fully saturated rings. The SMILES string of the molecule is COc1ccccc1NS(=O)(=O)c1ccc(N/N=C/c2cccc(OCc3ccccc3)c2)c([N+](=O)[O-])c1. The second-order valence-corrected chi connectivity index (χ2v) is 9.64. The predicted octanol–water partition coefficient (Wildman–Crippen LogP) is 5.43. The molecule has 0 atom stereocenters. The Balaban J connectivity index is 1.47. The van der Waals surface area contributed by atoms with Crippen molar-refractivity contribution in [1.82, 2.24) is 0 Å². The summed E-state index contributed by atoms with van der Waals surface area (Å²) in [5, 5.41) is 15.8. The lowest BCUT2D eigenvalue weighted by molar-refractivity contribution is -0.384. The van der Waals surface area contributed by atoms with Crippen LogP contribution in [0.15, 0.2) is 107 Å². The minimum atomic E-state index is -4.13. The maximum Gasteiger partial charge on any atom is 0.295 e. The van der Waals surface area contributed by atoms with E-state index in [2.05, 4.69) is 15.2 Å². The monoisotopic (exact) mass is 532 g/mol. The van der Waals surface area contributed by atoms with Gasteiger partial charge in [0, 0.05) is 6.07 Å². The highest BCUT2D eigenvalue weighted by molar-refractivity contribution is 7.92. The second-order valence-electron chi connectivity index (χ2n) is 7.96. The molecule has 0 unspecified atom stereocenters. The van der Waals surface area contributed by atoms with Gasteiger partial charge in [0.1, 0.15) is 23.8 Å². The van der Waals surface area contributed by atoms with Gasteiger partial charge in [-0.2, -0.15) is 5.10 Å². The fraction of sp³-hybridized carbons (Fsp3) is 0.0741. The molecule has 0 aliphatic rings. The van der Waals surface area contributed by atoms with Crippen LogP contribution in [-0.4, -0.2) is 26.7 Å². The average molecular weight is 533 g/mol. The molecule has 0 radical (unpaired) electrons. The highest BCUT2D eigenvalue weighted by Crippen LogP contribution is 2.30. The van der Waals surface area contributed by atoms with E-state index in [1.807, 2.05) is 36.4 Å². The van der Waals surface area contributed by atoms with Crippen LogP contribution >= 0.6 is 0 Å². The molecule has 11 heteroatoms. The van der Waals surface area contributed by atoms with Gasteiger partial charge in [-0.15, -0.1) is 0 Å². The number of hydrazone groups is 1. The van der Waals surface area contributed by atoms with Gasteiger partial charge in [0.25, 0.3) is 15.7 Å². The summed E-state index contributed by atoms with van der Waals surface area (Å²) in [7, 11) is -2.72. The fourth-order valence-corrected chi connectivity index (χ4v) is 4.55. The van der Waals surface area contributed by atoms with Crippen LogP contribution in [0.2, 0.25) is 0 Å². The van der Waals surface area contributed by atoms with Crippen LogP contribution in [0.3, 0.4) is 0 Å². The van der Waals surface area contributed by atoms with Crippen molar-refractivity contribution in [3.05, 3.63) is 118 Å². The van der Waals surface area contributed by atoms with Crippen molar-refractivity contribution in [2.45, 2.75) is 11.5 Å². The molecule has 4 aromatic rings. The van der Waals surface area contributed by atoms with E-state index < -0.39 is 20.6 Å². The Morgan fingerprint density at radius 2 is 1.68 bits per heavy atom. The minimum Gasteiger partial charge on any atom is -0.495 e. The normalized spacial score (nSPS) is 11.2. The summed E-state index contributed by atoms with van der Waals surface area (Å²) >= 11 is 0. The number of hydrogen-bond acceptors (Lipinski definition) is 8. The fourth-order valence-electron chi connectivity index (χ4n) is 3.46. The van der Waals surface area contributed by atoms with Gasteiger partial charge in [-0.3, -0.25) is 20.3 Å². The first-order valence-corrected chi connectivity index (χ1v) is 12.8. The van der Waals surface area contributed by atoms with Crippen LogP contribution in [-0.2, 0) is 16.6 Å². The Kier molecular flexibility index (Phi) is 8.19. The summed E-state index contributed by atoms with van der Waals surface area (Å²) in [5.74, 6) is 0.952. The van der Waals surface area contributed by atoms with Crippen LogP contribution in [0.4, 0.5) is 17.1 Å². The molecule has 0 amide bonds. The van der Waals surface area contributed by atoms with Crippen LogP contribution in [0.25, 0.3) is 0 Å². The van der Waals surface area contributed by atoms with Gasteiger partial charge in [0.2, 0.25) is 0 Å². The standard InChI is InChI=1S/C27H24N4O6S/c1-36-27-13-6-5-12-25(27)30-38(34,35)23-14-15-24(26(17-23)31(32)33)29-28-18-21-10-7-11-22(16-21)37-19-20-8-3-2-4-9-20/h2-18,29-30H,19H2,1H3/b28-18+. The molecule has 0 bridgehead atoms. The number of nitrogens with one attached hydrogen (secondary N) is 2. The van der Waals surface area contributed by atoms with Crippen LogP contribution in [0, 0.1) is 10.1 Å². The maximum absolute atomic E-state index is 12.9. The third-order valence-corrected chi connectivity index (χ3v) is 6.70. The van der Waals surface area contributed by atoms with Crippen molar-refractivity contribution in [3.63, 3.8) is 0 Å². The average Bonchev–Trinajstić information content (AvgIpc) is 2.93. The molecular weight excluding hydrogens is 508 g/mol. The maximum atomic E-state index is 12.9. The highest BCUT2D eigenvalue weighted by atomic mass is 32.2. The van der Waals surface area contributed by atoms with Gasteiger partial charge in [0.05, 0.1) is 28.8 Å². The number of benzene rings is 4. The number of nitro groups is 1. The van der Waals surface area contributed by atoms with Crippen molar-refractivity contribution < 1.29 is 22.8 Å². The van der Waals surface area contributed by atoms with E-state index >= 15 is 0 Å². The molecule has 2 N–H and O–H groups in total. The summed E-state index contributed by atoms with van der Waals surface area (Å²) in [4.78, 5) is 10.7. The predicted molar refractivity (Wildman–Crippen MR) is 145 cm³/mol. The third kappa shape index (κ3) is 6.65. The van der Waals surface area contributed by atoms with Crippen molar-refractivity contribution in [1.29, 1.82) is 0 Å². The summed E-state index contributed by atoms with van der Waals surface area (Å²) in [6.45, 7) is 0.410. The molecule has 38 heavy (non-hydrogen) atoms. The van der Waals surface area contributed by atoms with E-state index in [0.717, 1.165) is 11.6 Å². The molecule has 0 aliphatic carbocycles. The number of ether oxygens (including phenoxy) is 2. The van der Waals surface area contributed by atoms with Crippen molar-refractivity contribution in [2.75, 3.05) is 17.3 Å². The number of rotatable bonds is 11. The molecular formula is C27H24N4O6S. The largest absolute Gasteiger partial charge is 0.495 e. The summed E-state index contributed by atoms with van der Waals surface area (Å²) in [5.41, 5.74) is 4.13. The van der Waals surface area contributed by atoms with E-state index in [9.17, 15) is 18.5 Å². The Hall–Kier alpha value is -4.90. The molecule has 4 aromatic carbocycles. The van der Waals surface area contributed by atoms with Crippen molar-refractivity contribution in [2.24, 2.45) is 5.10 Å². The van der Waals surface area contributed by atoms with E-state index in [-0.39, 0.29) is 16.3 Å². The molecule has 0 aliphatic heterocycles. The Morgan fingerprint density at radius 3 is 2.45 bits per heavy atom. The van der Waals surface area contributed by atoms with Crippen LogP contribution in [0.5, 0.6) is 11.5 Å². The number of nitrogens with zero attached hydrogens (tertiary/aromatic N) is 2. The Morgan fingerprint density at radius 1 is 0.921 bits per heavy atom. The zero-order chi connectivity index (χ0) is 27.0. The third-order valence-electron chi connectivity index (χ3n) is 5.33. The summed E-state index contributed by atoms with van der Waals surface area (Å²) in [6.07, 6.45) is 1.48. The van der Waals surface area contributed by atoms with Gasteiger partial charge in [0.15, 0.2) is 0 Å². The first-order chi connectivity index (χ1) is 18.4. The second kappa shape index (κ2) is 11.9. The first-order valence-electron chi connectivity index (χ1n) is 11.4. The lowest BCUT2D eigenvalue weighted by Crippen LogP contribution is -2.14. The number of sulfonamides is 1. The molecule has 0 saturated heterocycles. The first kappa shape index (κ1) is 26.2. The molecule has 0 aromatic heterocycles. The minimum absolute atomic E-state index is 0.0268. The summed E-state index contributed by atoms with van der Waals surface area (Å²) < 4.78 is 39.1. The number of hydrogen-bond donors (Lipinski definition) is 2. The molecule has 194 valence electrons. The van der Waals surface area contributed by atoms with Gasteiger partial charge >= 0.3 is 0 Å². The van der Waals surface area contributed by atoms with E-state index in [1.165, 1.54) is 31.5 Å². The van der Waals surface area contributed by atoms with Gasteiger partial charge in [-0.25, -0.2) is 8.42 Å².